The molecule has 0 saturated heterocycles. The summed E-state index contributed by atoms with van der Waals surface area (Å²) in [7, 11) is 1.82. The minimum absolute atomic E-state index is 0.123. The number of nitrogens with one attached hydrogen (secondary N) is 3. The Hall–Kier alpha value is -2.04. The van der Waals surface area contributed by atoms with E-state index >= 15 is 0 Å². The number of benzene rings is 1. The number of hydrogen-bond donors (Lipinski definition) is 3. The predicted molar refractivity (Wildman–Crippen MR) is 74.1 cm³/mol. The third-order valence-corrected chi connectivity index (χ3v) is 3.10. The van der Waals surface area contributed by atoms with Crippen LogP contribution in [0.1, 0.15) is 30.1 Å². The van der Waals surface area contributed by atoms with Gasteiger partial charge in [-0.05, 0) is 44.0 Å². The standard InChI is InChI=1S/C14H19N3O2/c1-9(13(18)17-12-7-8-12)16-14(19)10-3-5-11(15-2)6-4-10/h3-6,9,12,15H,7-8H2,1-2H3,(H,16,19)(H,17,18). The number of amides is 2. The highest BCUT2D eigenvalue weighted by Gasteiger charge is 2.26. The summed E-state index contributed by atoms with van der Waals surface area (Å²) in [6.45, 7) is 1.69. The Kier molecular flexibility index (Phi) is 4.04. The van der Waals surface area contributed by atoms with Gasteiger partial charge in [0, 0.05) is 24.3 Å². The van der Waals surface area contributed by atoms with E-state index in [1.54, 1.807) is 19.1 Å². The van der Waals surface area contributed by atoms with Gasteiger partial charge in [-0.2, -0.15) is 0 Å². The first-order chi connectivity index (χ1) is 9.10. The van der Waals surface area contributed by atoms with Crippen LogP contribution in [0.3, 0.4) is 0 Å². The lowest BCUT2D eigenvalue weighted by Crippen LogP contribution is -2.45. The maximum absolute atomic E-state index is 11.9. The van der Waals surface area contributed by atoms with Crippen molar-refractivity contribution in [3.8, 4) is 0 Å². The highest BCUT2D eigenvalue weighted by molar-refractivity contribution is 5.97. The smallest absolute Gasteiger partial charge is 0.251 e. The van der Waals surface area contributed by atoms with Crippen molar-refractivity contribution in [2.24, 2.45) is 0 Å². The first kappa shape index (κ1) is 13.4. The summed E-state index contributed by atoms with van der Waals surface area (Å²) >= 11 is 0. The predicted octanol–water partition coefficient (Wildman–Crippen LogP) is 1.13. The third-order valence-electron chi connectivity index (χ3n) is 3.10. The molecule has 5 heteroatoms. The second-order valence-corrected chi connectivity index (χ2v) is 4.81. The van der Waals surface area contributed by atoms with Crippen LogP contribution < -0.4 is 16.0 Å². The molecule has 1 saturated carbocycles. The maximum Gasteiger partial charge on any atom is 0.251 e. The molecule has 1 atom stereocenters. The topological polar surface area (TPSA) is 70.2 Å². The van der Waals surface area contributed by atoms with Gasteiger partial charge in [-0.15, -0.1) is 0 Å². The van der Waals surface area contributed by atoms with Gasteiger partial charge in [-0.3, -0.25) is 9.59 Å². The largest absolute Gasteiger partial charge is 0.388 e. The number of carbonyl (C=O) groups is 2. The molecule has 2 rings (SSSR count). The fourth-order valence-corrected chi connectivity index (χ4v) is 1.69. The molecular formula is C14H19N3O2. The maximum atomic E-state index is 11.9. The van der Waals surface area contributed by atoms with Crippen molar-refractivity contribution >= 4 is 17.5 Å². The molecule has 2 amide bonds. The van der Waals surface area contributed by atoms with Crippen molar-refractivity contribution < 1.29 is 9.59 Å². The zero-order valence-electron chi connectivity index (χ0n) is 11.2. The average Bonchev–Trinajstić information content (AvgIpc) is 3.22. The molecule has 1 unspecified atom stereocenters. The minimum atomic E-state index is -0.517. The van der Waals surface area contributed by atoms with Gasteiger partial charge in [0.2, 0.25) is 5.91 Å². The van der Waals surface area contributed by atoms with Crippen molar-refractivity contribution in [3.63, 3.8) is 0 Å². The fraction of sp³-hybridized carbons (Fsp3) is 0.429. The summed E-state index contributed by atoms with van der Waals surface area (Å²) in [5, 5.41) is 8.55. The van der Waals surface area contributed by atoms with E-state index in [0.29, 0.717) is 11.6 Å². The molecule has 1 aromatic carbocycles. The molecule has 1 aliphatic rings. The van der Waals surface area contributed by atoms with E-state index < -0.39 is 6.04 Å². The molecule has 0 aliphatic heterocycles. The van der Waals surface area contributed by atoms with Crippen LogP contribution in [-0.4, -0.2) is 30.9 Å². The van der Waals surface area contributed by atoms with Gasteiger partial charge < -0.3 is 16.0 Å². The SMILES string of the molecule is CNc1ccc(C(=O)NC(C)C(=O)NC2CC2)cc1. The normalized spacial score (nSPS) is 15.5. The van der Waals surface area contributed by atoms with Crippen molar-refractivity contribution in [3.05, 3.63) is 29.8 Å². The lowest BCUT2D eigenvalue weighted by Gasteiger charge is -2.14. The zero-order valence-corrected chi connectivity index (χ0v) is 11.2. The van der Waals surface area contributed by atoms with Gasteiger partial charge in [0.1, 0.15) is 6.04 Å². The molecule has 5 nitrogen and oxygen atoms in total. The molecule has 1 fully saturated rings. The van der Waals surface area contributed by atoms with Crippen molar-refractivity contribution in [1.29, 1.82) is 0 Å². The van der Waals surface area contributed by atoms with Gasteiger partial charge in [0.15, 0.2) is 0 Å². The molecule has 1 aliphatic carbocycles. The highest BCUT2D eigenvalue weighted by atomic mass is 16.2. The summed E-state index contributed by atoms with van der Waals surface area (Å²) in [4.78, 5) is 23.7. The minimum Gasteiger partial charge on any atom is -0.388 e. The van der Waals surface area contributed by atoms with Crippen LogP contribution in [0, 0.1) is 0 Å². The second kappa shape index (κ2) is 5.73. The van der Waals surface area contributed by atoms with Gasteiger partial charge in [-0.25, -0.2) is 0 Å². The van der Waals surface area contributed by atoms with Gasteiger partial charge in [0.25, 0.3) is 5.91 Å². The molecule has 0 spiro atoms. The van der Waals surface area contributed by atoms with Crippen LogP contribution in [0.5, 0.6) is 0 Å². The lowest BCUT2D eigenvalue weighted by molar-refractivity contribution is -0.122. The number of anilines is 1. The summed E-state index contributed by atoms with van der Waals surface area (Å²) in [6, 6.07) is 6.89. The van der Waals surface area contributed by atoms with Crippen LogP contribution in [0.2, 0.25) is 0 Å². The third kappa shape index (κ3) is 3.71. The van der Waals surface area contributed by atoms with Crippen molar-refractivity contribution in [1.82, 2.24) is 10.6 Å². The van der Waals surface area contributed by atoms with E-state index in [4.69, 9.17) is 0 Å². The lowest BCUT2D eigenvalue weighted by atomic mass is 10.2. The van der Waals surface area contributed by atoms with Gasteiger partial charge >= 0.3 is 0 Å². The first-order valence-electron chi connectivity index (χ1n) is 6.49. The van der Waals surface area contributed by atoms with E-state index in [2.05, 4.69) is 16.0 Å². The van der Waals surface area contributed by atoms with E-state index in [1.807, 2.05) is 19.2 Å². The fourth-order valence-electron chi connectivity index (χ4n) is 1.69. The second-order valence-electron chi connectivity index (χ2n) is 4.81. The van der Waals surface area contributed by atoms with Crippen LogP contribution in [0.4, 0.5) is 5.69 Å². The van der Waals surface area contributed by atoms with Gasteiger partial charge in [0.05, 0.1) is 0 Å². The van der Waals surface area contributed by atoms with E-state index in [0.717, 1.165) is 18.5 Å². The summed E-state index contributed by atoms with van der Waals surface area (Å²) in [5.74, 6) is -0.358. The monoisotopic (exact) mass is 261 g/mol. The van der Waals surface area contributed by atoms with Crippen LogP contribution in [-0.2, 0) is 4.79 Å². The molecule has 1 aromatic rings. The highest BCUT2D eigenvalue weighted by Crippen LogP contribution is 2.18. The van der Waals surface area contributed by atoms with Gasteiger partial charge in [-0.1, -0.05) is 0 Å². The molecule has 3 N–H and O–H groups in total. The van der Waals surface area contributed by atoms with Crippen molar-refractivity contribution in [2.75, 3.05) is 12.4 Å². The molecule has 19 heavy (non-hydrogen) atoms. The Bertz CT molecular complexity index is 466. The Morgan fingerprint density at radius 2 is 1.84 bits per heavy atom. The van der Waals surface area contributed by atoms with Crippen LogP contribution in [0.15, 0.2) is 24.3 Å². The zero-order chi connectivity index (χ0) is 13.8. The molecule has 102 valence electrons. The van der Waals surface area contributed by atoms with E-state index in [9.17, 15) is 9.59 Å². The number of rotatable bonds is 5. The molecular weight excluding hydrogens is 242 g/mol. The van der Waals surface area contributed by atoms with Crippen LogP contribution in [0.25, 0.3) is 0 Å². The number of carbonyl (C=O) groups excluding carboxylic acids is 2. The van der Waals surface area contributed by atoms with E-state index in [1.165, 1.54) is 0 Å². The Balaban J connectivity index is 1.89. The quantitative estimate of drug-likeness (QED) is 0.744. The van der Waals surface area contributed by atoms with Crippen LogP contribution >= 0.6 is 0 Å². The molecule has 0 bridgehead atoms. The summed E-state index contributed by atoms with van der Waals surface area (Å²) in [6.07, 6.45) is 2.08. The molecule has 0 radical (unpaired) electrons. The molecule has 0 heterocycles. The van der Waals surface area contributed by atoms with E-state index in [-0.39, 0.29) is 11.8 Å². The van der Waals surface area contributed by atoms with Crippen molar-refractivity contribution in [2.45, 2.75) is 31.8 Å². The summed E-state index contributed by atoms with van der Waals surface area (Å²) < 4.78 is 0. The first-order valence-corrected chi connectivity index (χ1v) is 6.49. The average molecular weight is 261 g/mol. The molecule has 0 aromatic heterocycles. The Morgan fingerprint density at radius 3 is 2.37 bits per heavy atom. The number of hydrogen-bond acceptors (Lipinski definition) is 3. The summed E-state index contributed by atoms with van der Waals surface area (Å²) in [5.41, 5.74) is 1.49. The Morgan fingerprint density at radius 1 is 1.21 bits per heavy atom. The Labute approximate surface area is 112 Å².